The van der Waals surface area contributed by atoms with E-state index in [9.17, 15) is 0 Å². The van der Waals surface area contributed by atoms with Crippen molar-refractivity contribution in [3.63, 3.8) is 0 Å². The van der Waals surface area contributed by atoms with E-state index < -0.39 is 0 Å². The predicted octanol–water partition coefficient (Wildman–Crippen LogP) is 15.2. The van der Waals surface area contributed by atoms with Gasteiger partial charge in [-0.1, -0.05) is 137 Å². The molecule has 9 aromatic carbocycles. The van der Waals surface area contributed by atoms with Gasteiger partial charge in [0.2, 0.25) is 0 Å². The molecule has 2 aliphatic rings. The van der Waals surface area contributed by atoms with Crippen molar-refractivity contribution in [1.29, 1.82) is 0 Å². The molecule has 0 amide bonds. The van der Waals surface area contributed by atoms with Crippen LogP contribution in [-0.2, 0) is 10.8 Å². The van der Waals surface area contributed by atoms with Crippen LogP contribution < -0.4 is 4.90 Å². The summed E-state index contributed by atoms with van der Waals surface area (Å²) in [6.45, 7) is 9.62. The molecular weight excluding hydrogens is 701 g/mol. The molecule has 10 aromatic rings. The minimum Gasteiger partial charge on any atom is -0.310 e. The summed E-state index contributed by atoms with van der Waals surface area (Å²) in [5.74, 6) is 0. The van der Waals surface area contributed by atoms with Gasteiger partial charge in [-0.05, 0) is 133 Å². The molecule has 0 spiro atoms. The van der Waals surface area contributed by atoms with Crippen molar-refractivity contribution in [1.82, 2.24) is 4.57 Å². The van der Waals surface area contributed by atoms with Crippen LogP contribution in [0.1, 0.15) is 49.9 Å². The van der Waals surface area contributed by atoms with Gasteiger partial charge in [-0.3, -0.25) is 0 Å². The predicted molar refractivity (Wildman–Crippen MR) is 246 cm³/mol. The standard InChI is InChI=1S/C56H42N2/c1-55(2)48-31-39(27-28-40(48)44-33-52-45(32-49(44)55)42-24-15-16-26-51(42)58(52)38-21-9-6-10-22-38)57(37-19-7-5-8-20-37)53-34-50-54(43-25-14-13-23-41(43)53)46-29-35-17-11-12-18-36(35)30-47(46)56(50,3)4/h5-34H,1-4H3. The Hall–Kier alpha value is -6.90. The lowest BCUT2D eigenvalue weighted by Gasteiger charge is -2.31. The van der Waals surface area contributed by atoms with Crippen LogP contribution in [0.5, 0.6) is 0 Å². The fraction of sp³-hybridized carbons (Fsp3) is 0.107. The van der Waals surface area contributed by atoms with Gasteiger partial charge < -0.3 is 9.47 Å². The lowest BCUT2D eigenvalue weighted by Crippen LogP contribution is -2.18. The average Bonchev–Trinajstić information content (AvgIpc) is 3.79. The molecule has 2 aliphatic carbocycles. The second-order valence-electron chi connectivity index (χ2n) is 17.4. The van der Waals surface area contributed by atoms with Crippen LogP contribution in [0.3, 0.4) is 0 Å². The van der Waals surface area contributed by atoms with Gasteiger partial charge in [0.25, 0.3) is 0 Å². The molecule has 276 valence electrons. The smallest absolute Gasteiger partial charge is 0.0547 e. The largest absolute Gasteiger partial charge is 0.310 e. The summed E-state index contributed by atoms with van der Waals surface area (Å²) < 4.78 is 2.43. The molecule has 0 saturated heterocycles. The Morgan fingerprint density at radius 1 is 0.379 bits per heavy atom. The van der Waals surface area contributed by atoms with E-state index in [1.807, 2.05) is 0 Å². The second-order valence-corrected chi connectivity index (χ2v) is 17.4. The highest BCUT2D eigenvalue weighted by Crippen LogP contribution is 2.57. The molecule has 58 heavy (non-hydrogen) atoms. The van der Waals surface area contributed by atoms with Gasteiger partial charge in [0.05, 0.1) is 16.7 Å². The van der Waals surface area contributed by atoms with Crippen molar-refractivity contribution in [3.8, 4) is 27.9 Å². The zero-order valence-corrected chi connectivity index (χ0v) is 33.2. The zero-order chi connectivity index (χ0) is 38.9. The van der Waals surface area contributed by atoms with Crippen LogP contribution >= 0.6 is 0 Å². The summed E-state index contributed by atoms with van der Waals surface area (Å²) in [6, 6.07) is 67.9. The Balaban J connectivity index is 1.08. The minimum absolute atomic E-state index is 0.177. The van der Waals surface area contributed by atoms with Crippen LogP contribution in [0.2, 0.25) is 0 Å². The fourth-order valence-electron chi connectivity index (χ4n) is 10.6. The van der Waals surface area contributed by atoms with E-state index in [0.29, 0.717) is 0 Å². The molecule has 0 aliphatic heterocycles. The third-order valence-electron chi connectivity index (χ3n) is 13.5. The van der Waals surface area contributed by atoms with Crippen LogP contribution in [0.25, 0.3) is 71.3 Å². The van der Waals surface area contributed by atoms with Gasteiger partial charge in [0.15, 0.2) is 0 Å². The number of hydrogen-bond donors (Lipinski definition) is 0. The maximum Gasteiger partial charge on any atom is 0.0547 e. The molecule has 0 unspecified atom stereocenters. The molecule has 0 fully saturated rings. The highest BCUT2D eigenvalue weighted by atomic mass is 15.1. The monoisotopic (exact) mass is 742 g/mol. The highest BCUT2D eigenvalue weighted by molar-refractivity contribution is 6.13. The lowest BCUT2D eigenvalue weighted by molar-refractivity contribution is 0.661. The normalized spacial score (nSPS) is 14.5. The minimum atomic E-state index is -0.210. The molecule has 2 heteroatoms. The summed E-state index contributed by atoms with van der Waals surface area (Å²) in [5.41, 5.74) is 17.6. The van der Waals surface area contributed by atoms with Gasteiger partial charge in [-0.25, -0.2) is 0 Å². The SMILES string of the molecule is CC1(C)c2cc(N(c3ccccc3)c3cc4c(c5ccccc35)-c3cc5ccccc5cc3C4(C)C)ccc2-c2cc3c(cc21)c1ccccc1n3-c1ccccc1. The molecule has 1 aromatic heterocycles. The quantitative estimate of drug-likeness (QED) is 0.174. The van der Waals surface area contributed by atoms with Crippen LogP contribution in [0.4, 0.5) is 17.1 Å². The zero-order valence-electron chi connectivity index (χ0n) is 33.2. The van der Waals surface area contributed by atoms with Gasteiger partial charge in [0, 0.05) is 44.1 Å². The van der Waals surface area contributed by atoms with Gasteiger partial charge in [-0.15, -0.1) is 0 Å². The fourth-order valence-corrected chi connectivity index (χ4v) is 10.6. The molecule has 1 heterocycles. The van der Waals surface area contributed by atoms with Crippen LogP contribution in [0.15, 0.2) is 182 Å². The van der Waals surface area contributed by atoms with Crippen molar-refractivity contribution < 1.29 is 0 Å². The van der Waals surface area contributed by atoms with E-state index in [4.69, 9.17) is 0 Å². The topological polar surface area (TPSA) is 8.17 Å². The van der Waals surface area contributed by atoms with E-state index in [1.54, 1.807) is 0 Å². The summed E-state index contributed by atoms with van der Waals surface area (Å²) in [5, 5.41) is 7.71. The first-order valence-corrected chi connectivity index (χ1v) is 20.5. The van der Waals surface area contributed by atoms with Crippen molar-refractivity contribution in [2.24, 2.45) is 0 Å². The highest BCUT2D eigenvalue weighted by Gasteiger charge is 2.40. The van der Waals surface area contributed by atoms with E-state index >= 15 is 0 Å². The summed E-state index contributed by atoms with van der Waals surface area (Å²) in [6.07, 6.45) is 0. The van der Waals surface area contributed by atoms with Crippen molar-refractivity contribution in [2.75, 3.05) is 4.90 Å². The van der Waals surface area contributed by atoms with Gasteiger partial charge in [0.1, 0.15) is 0 Å². The number of para-hydroxylation sites is 3. The molecule has 0 radical (unpaired) electrons. The van der Waals surface area contributed by atoms with Crippen molar-refractivity contribution >= 4 is 60.4 Å². The Bertz CT molecular complexity index is 3330. The van der Waals surface area contributed by atoms with Crippen molar-refractivity contribution in [3.05, 3.63) is 204 Å². The number of aromatic nitrogens is 1. The average molecular weight is 743 g/mol. The first-order chi connectivity index (χ1) is 28.3. The van der Waals surface area contributed by atoms with Crippen LogP contribution in [0, 0.1) is 0 Å². The Morgan fingerprint density at radius 2 is 0.983 bits per heavy atom. The molecule has 0 N–H and O–H groups in total. The maximum atomic E-state index is 2.50. The molecule has 2 nitrogen and oxygen atoms in total. The third kappa shape index (κ3) is 4.49. The second kappa shape index (κ2) is 11.8. The summed E-state index contributed by atoms with van der Waals surface area (Å²) >= 11 is 0. The number of rotatable bonds is 4. The van der Waals surface area contributed by atoms with E-state index in [1.165, 1.54) is 105 Å². The van der Waals surface area contributed by atoms with E-state index in [2.05, 4.69) is 219 Å². The number of hydrogen-bond acceptors (Lipinski definition) is 1. The number of anilines is 3. The number of nitrogens with zero attached hydrogens (tertiary/aromatic N) is 2. The lowest BCUT2D eigenvalue weighted by atomic mass is 9.81. The summed E-state index contributed by atoms with van der Waals surface area (Å²) in [4.78, 5) is 2.50. The molecular formula is C56H42N2. The van der Waals surface area contributed by atoms with Gasteiger partial charge in [-0.2, -0.15) is 0 Å². The molecule has 0 bridgehead atoms. The Morgan fingerprint density at radius 3 is 1.76 bits per heavy atom. The molecule has 0 saturated carbocycles. The third-order valence-corrected chi connectivity index (χ3v) is 13.5. The van der Waals surface area contributed by atoms with E-state index in [0.717, 1.165) is 5.69 Å². The first kappa shape index (κ1) is 33.3. The Labute approximate surface area is 339 Å². The van der Waals surface area contributed by atoms with Crippen molar-refractivity contribution in [2.45, 2.75) is 38.5 Å². The summed E-state index contributed by atoms with van der Waals surface area (Å²) in [7, 11) is 0. The maximum absolute atomic E-state index is 2.50. The number of fused-ring (bicyclic) bond motifs is 12. The molecule has 12 rings (SSSR count). The Kier molecular flexibility index (Phi) is 6.78. The van der Waals surface area contributed by atoms with Gasteiger partial charge >= 0.3 is 0 Å². The first-order valence-electron chi connectivity index (χ1n) is 20.5. The van der Waals surface area contributed by atoms with E-state index in [-0.39, 0.29) is 10.8 Å². The number of benzene rings is 9. The molecule has 0 atom stereocenters. The van der Waals surface area contributed by atoms with Crippen LogP contribution in [-0.4, -0.2) is 4.57 Å².